The largest absolute Gasteiger partial charge is 0.442 e. The summed E-state index contributed by atoms with van der Waals surface area (Å²) in [5, 5.41) is 15.8. The van der Waals surface area contributed by atoms with Crippen LogP contribution in [0.5, 0.6) is 0 Å². The van der Waals surface area contributed by atoms with Crippen LogP contribution in [-0.2, 0) is 10.2 Å². The average Bonchev–Trinajstić information content (AvgIpc) is 3.06. The van der Waals surface area contributed by atoms with Gasteiger partial charge in [-0.2, -0.15) is 10.2 Å². The second-order valence-electron chi connectivity index (χ2n) is 5.99. The molecule has 0 radical (unpaired) electrons. The lowest BCUT2D eigenvalue weighted by atomic mass is 9.97. The van der Waals surface area contributed by atoms with Gasteiger partial charge >= 0.3 is 6.09 Å². The van der Waals surface area contributed by atoms with E-state index in [-0.39, 0.29) is 17.6 Å². The molecule has 122 valence electrons. The van der Waals surface area contributed by atoms with Gasteiger partial charge in [0.15, 0.2) is 0 Å². The molecule has 1 aromatic heterocycles. The van der Waals surface area contributed by atoms with Gasteiger partial charge in [-0.05, 0) is 35.7 Å². The minimum Gasteiger partial charge on any atom is -0.442 e. The second-order valence-corrected chi connectivity index (χ2v) is 5.99. The summed E-state index contributed by atoms with van der Waals surface area (Å²) in [7, 11) is 0. The van der Waals surface area contributed by atoms with Gasteiger partial charge in [0.25, 0.3) is 5.95 Å². The van der Waals surface area contributed by atoms with Crippen LogP contribution in [0.1, 0.15) is 18.4 Å². The monoisotopic (exact) mass is 325 g/mol. The standard InChI is InChI=1S/C16H15N5O3/c17-9-16(5-6-16)11-1-3-12(4-2-11)21-8-13(24-15(21)22)7-18-14-19-10-23-20-14/h1-4,10,13H,5-8H2,(H,18,20). The highest BCUT2D eigenvalue weighted by Crippen LogP contribution is 2.47. The smallest absolute Gasteiger partial charge is 0.414 e. The number of aromatic nitrogens is 2. The van der Waals surface area contributed by atoms with Crippen LogP contribution in [-0.4, -0.2) is 35.4 Å². The predicted octanol–water partition coefficient (Wildman–Crippen LogP) is 2.06. The maximum absolute atomic E-state index is 12.1. The Hall–Kier alpha value is -3.08. The van der Waals surface area contributed by atoms with E-state index >= 15 is 0 Å². The van der Waals surface area contributed by atoms with Crippen molar-refractivity contribution in [2.75, 3.05) is 23.3 Å². The van der Waals surface area contributed by atoms with Crippen molar-refractivity contribution < 1.29 is 14.1 Å². The van der Waals surface area contributed by atoms with E-state index in [4.69, 9.17) is 4.74 Å². The van der Waals surface area contributed by atoms with Gasteiger partial charge in [0.05, 0.1) is 24.6 Å². The maximum Gasteiger partial charge on any atom is 0.414 e. The molecule has 1 aromatic carbocycles. The molecule has 8 heteroatoms. The summed E-state index contributed by atoms with van der Waals surface area (Å²) in [5.74, 6) is 0.361. The number of carbonyl (C=O) groups excluding carboxylic acids is 1. The van der Waals surface area contributed by atoms with Crippen molar-refractivity contribution in [3.63, 3.8) is 0 Å². The molecule has 1 aliphatic heterocycles. The van der Waals surface area contributed by atoms with E-state index in [0.717, 1.165) is 24.1 Å². The molecule has 2 aliphatic rings. The molecule has 1 unspecified atom stereocenters. The second kappa shape index (κ2) is 5.53. The summed E-state index contributed by atoms with van der Waals surface area (Å²) >= 11 is 0. The van der Waals surface area contributed by atoms with Crippen molar-refractivity contribution >= 4 is 17.7 Å². The molecule has 2 heterocycles. The van der Waals surface area contributed by atoms with Crippen molar-refractivity contribution in [1.82, 2.24) is 10.1 Å². The van der Waals surface area contributed by atoms with Crippen molar-refractivity contribution in [2.24, 2.45) is 0 Å². The lowest BCUT2D eigenvalue weighted by Crippen LogP contribution is -2.27. The SMILES string of the molecule is N#CC1(c2ccc(N3CC(CNc4ncon4)OC3=O)cc2)CC1. The van der Waals surface area contributed by atoms with Crippen molar-refractivity contribution in [1.29, 1.82) is 5.26 Å². The molecule has 2 fully saturated rings. The molecule has 0 bridgehead atoms. The minimum absolute atomic E-state index is 0.301. The number of hydrogen-bond donors (Lipinski definition) is 1. The predicted molar refractivity (Wildman–Crippen MR) is 83.4 cm³/mol. The van der Waals surface area contributed by atoms with Crippen LogP contribution in [0.3, 0.4) is 0 Å². The number of ether oxygens (including phenoxy) is 1. The number of nitriles is 1. The lowest BCUT2D eigenvalue weighted by molar-refractivity contribution is 0.147. The van der Waals surface area contributed by atoms with Crippen LogP contribution >= 0.6 is 0 Å². The van der Waals surface area contributed by atoms with Crippen molar-refractivity contribution in [3.05, 3.63) is 36.2 Å². The van der Waals surface area contributed by atoms with E-state index in [1.807, 2.05) is 24.3 Å². The fraction of sp³-hybridized carbons (Fsp3) is 0.375. The zero-order chi connectivity index (χ0) is 16.6. The third-order valence-electron chi connectivity index (χ3n) is 4.42. The van der Waals surface area contributed by atoms with Gasteiger partial charge < -0.3 is 14.6 Å². The number of cyclic esters (lactones) is 1. The zero-order valence-electron chi connectivity index (χ0n) is 12.8. The molecule has 1 atom stereocenters. The normalized spacial score (nSPS) is 21.2. The molecule has 2 aromatic rings. The lowest BCUT2D eigenvalue weighted by Gasteiger charge is -2.14. The van der Waals surface area contributed by atoms with Gasteiger partial charge in [-0.1, -0.05) is 12.1 Å². The summed E-state index contributed by atoms with van der Waals surface area (Å²) in [6.45, 7) is 0.837. The Morgan fingerprint density at radius 2 is 2.17 bits per heavy atom. The van der Waals surface area contributed by atoms with Gasteiger partial charge in [-0.3, -0.25) is 4.90 Å². The highest BCUT2D eigenvalue weighted by molar-refractivity contribution is 5.89. The number of carbonyl (C=O) groups is 1. The van der Waals surface area contributed by atoms with Crippen LogP contribution in [0.15, 0.2) is 35.2 Å². The van der Waals surface area contributed by atoms with E-state index in [0.29, 0.717) is 19.0 Å². The fourth-order valence-electron chi connectivity index (χ4n) is 2.84. The Morgan fingerprint density at radius 3 is 2.79 bits per heavy atom. The third-order valence-corrected chi connectivity index (χ3v) is 4.42. The number of rotatable bonds is 5. The molecule has 1 aliphatic carbocycles. The topological polar surface area (TPSA) is 104 Å². The highest BCUT2D eigenvalue weighted by atomic mass is 16.6. The number of nitrogens with zero attached hydrogens (tertiary/aromatic N) is 4. The van der Waals surface area contributed by atoms with Crippen molar-refractivity contribution in [3.8, 4) is 6.07 Å². The van der Waals surface area contributed by atoms with E-state index < -0.39 is 0 Å². The molecule has 1 amide bonds. The van der Waals surface area contributed by atoms with Crippen LogP contribution in [0.2, 0.25) is 0 Å². The first-order chi connectivity index (χ1) is 11.7. The Morgan fingerprint density at radius 1 is 1.38 bits per heavy atom. The number of nitrogens with one attached hydrogen (secondary N) is 1. The van der Waals surface area contributed by atoms with Crippen molar-refractivity contribution in [2.45, 2.75) is 24.4 Å². The van der Waals surface area contributed by atoms with Gasteiger partial charge in [-0.15, -0.1) is 0 Å². The first kappa shape index (κ1) is 14.5. The van der Waals surface area contributed by atoms with E-state index in [9.17, 15) is 10.1 Å². The molecule has 1 N–H and O–H groups in total. The Kier molecular flexibility index (Phi) is 3.34. The Labute approximate surface area is 138 Å². The van der Waals surface area contributed by atoms with Crippen LogP contribution in [0.25, 0.3) is 0 Å². The average molecular weight is 325 g/mol. The third kappa shape index (κ3) is 2.54. The molecule has 24 heavy (non-hydrogen) atoms. The number of anilines is 2. The zero-order valence-corrected chi connectivity index (χ0v) is 12.8. The number of amides is 1. The summed E-state index contributed by atoms with van der Waals surface area (Å²) in [4.78, 5) is 17.5. The van der Waals surface area contributed by atoms with E-state index in [1.54, 1.807) is 4.90 Å². The summed E-state index contributed by atoms with van der Waals surface area (Å²) in [6, 6.07) is 9.94. The number of hydrogen-bond acceptors (Lipinski definition) is 7. The first-order valence-corrected chi connectivity index (χ1v) is 7.70. The molecular formula is C16H15N5O3. The highest BCUT2D eigenvalue weighted by Gasteiger charge is 2.44. The molecule has 0 spiro atoms. The molecule has 8 nitrogen and oxygen atoms in total. The Bertz CT molecular complexity index is 777. The fourth-order valence-corrected chi connectivity index (χ4v) is 2.84. The summed E-state index contributed by atoms with van der Waals surface area (Å²) in [6.07, 6.45) is 2.34. The van der Waals surface area contributed by atoms with Gasteiger partial charge in [0.2, 0.25) is 6.39 Å². The first-order valence-electron chi connectivity index (χ1n) is 7.70. The summed E-state index contributed by atoms with van der Waals surface area (Å²) < 4.78 is 9.97. The molecular weight excluding hydrogens is 310 g/mol. The van der Waals surface area contributed by atoms with Gasteiger partial charge in [0.1, 0.15) is 6.10 Å². The van der Waals surface area contributed by atoms with Gasteiger partial charge in [0, 0.05) is 5.69 Å². The maximum atomic E-state index is 12.1. The minimum atomic E-state index is -0.385. The summed E-state index contributed by atoms with van der Waals surface area (Å²) in [5.41, 5.74) is 1.46. The van der Waals surface area contributed by atoms with E-state index in [1.165, 1.54) is 6.39 Å². The Balaban J connectivity index is 1.41. The van der Waals surface area contributed by atoms with Crippen LogP contribution in [0, 0.1) is 11.3 Å². The van der Waals surface area contributed by atoms with E-state index in [2.05, 4.69) is 26.0 Å². The van der Waals surface area contributed by atoms with Crippen LogP contribution < -0.4 is 10.2 Å². The molecule has 4 rings (SSSR count). The molecule has 1 saturated heterocycles. The van der Waals surface area contributed by atoms with Crippen LogP contribution in [0.4, 0.5) is 16.4 Å². The number of benzene rings is 1. The molecule has 1 saturated carbocycles. The quantitative estimate of drug-likeness (QED) is 0.897. The van der Waals surface area contributed by atoms with Gasteiger partial charge in [-0.25, -0.2) is 4.79 Å².